The molecule has 25 heavy (non-hydrogen) atoms. The Morgan fingerprint density at radius 1 is 1.20 bits per heavy atom. The van der Waals surface area contributed by atoms with Crippen LogP contribution in [0.15, 0.2) is 18.3 Å². The number of carbonyl (C=O) groups excluding carboxylic acids is 2. The Morgan fingerprint density at radius 2 is 1.96 bits per heavy atom. The lowest BCUT2D eigenvalue weighted by molar-refractivity contribution is -0.130. The summed E-state index contributed by atoms with van der Waals surface area (Å²) < 4.78 is 0. The van der Waals surface area contributed by atoms with Crippen molar-refractivity contribution in [3.63, 3.8) is 0 Å². The molecule has 0 spiro atoms. The van der Waals surface area contributed by atoms with Gasteiger partial charge in [-0.2, -0.15) is 0 Å². The molecule has 1 unspecified atom stereocenters. The molecule has 1 atom stereocenters. The Balaban J connectivity index is 1.66. The summed E-state index contributed by atoms with van der Waals surface area (Å²) in [7, 11) is 0. The van der Waals surface area contributed by atoms with Gasteiger partial charge in [-0.25, -0.2) is 0 Å². The number of likely N-dealkylation sites (tertiary alicyclic amines) is 2. The molecule has 0 radical (unpaired) electrons. The van der Waals surface area contributed by atoms with E-state index in [9.17, 15) is 9.59 Å². The van der Waals surface area contributed by atoms with E-state index in [1.807, 2.05) is 11.1 Å². The molecule has 3 heterocycles. The van der Waals surface area contributed by atoms with Gasteiger partial charge >= 0.3 is 0 Å². The molecule has 2 fully saturated rings. The van der Waals surface area contributed by atoms with Crippen molar-refractivity contribution in [3.05, 3.63) is 29.6 Å². The lowest BCUT2D eigenvalue weighted by Gasteiger charge is -2.39. The number of amides is 2. The average Bonchev–Trinajstić information content (AvgIpc) is 3.10. The maximum absolute atomic E-state index is 11.5. The van der Waals surface area contributed by atoms with Crippen molar-refractivity contribution in [1.29, 1.82) is 0 Å². The van der Waals surface area contributed by atoms with E-state index in [1.165, 1.54) is 18.9 Å². The number of nitrogens with one attached hydrogen (secondary N) is 1. The molecule has 2 amide bonds. The molecule has 1 aromatic heterocycles. The van der Waals surface area contributed by atoms with E-state index in [0.29, 0.717) is 18.6 Å². The van der Waals surface area contributed by atoms with Crippen LogP contribution in [0.1, 0.15) is 56.8 Å². The summed E-state index contributed by atoms with van der Waals surface area (Å²) in [6, 6.07) is 5.21. The molecule has 0 aliphatic carbocycles. The number of nitrogens with zero attached hydrogens (tertiary/aromatic N) is 3. The zero-order valence-electron chi connectivity index (χ0n) is 15.2. The first-order valence-corrected chi connectivity index (χ1v) is 9.25. The fraction of sp³-hybridized carbons (Fsp3) is 0.632. The lowest BCUT2D eigenvalue weighted by atomic mass is 9.99. The van der Waals surface area contributed by atoms with Crippen LogP contribution in [-0.4, -0.2) is 52.3 Å². The largest absolute Gasteiger partial charge is 0.351 e. The second-order valence-electron chi connectivity index (χ2n) is 7.12. The van der Waals surface area contributed by atoms with Gasteiger partial charge in [0.2, 0.25) is 11.8 Å². The highest BCUT2D eigenvalue weighted by Crippen LogP contribution is 2.36. The Bertz CT molecular complexity index is 626. The fourth-order valence-corrected chi connectivity index (χ4v) is 4.11. The predicted molar refractivity (Wildman–Crippen MR) is 95.7 cm³/mol. The van der Waals surface area contributed by atoms with Crippen LogP contribution < -0.4 is 5.32 Å². The van der Waals surface area contributed by atoms with Gasteiger partial charge in [0, 0.05) is 45.2 Å². The molecule has 6 nitrogen and oxygen atoms in total. The molecule has 2 aliphatic rings. The van der Waals surface area contributed by atoms with Crippen molar-refractivity contribution in [1.82, 2.24) is 20.1 Å². The van der Waals surface area contributed by atoms with Crippen molar-refractivity contribution in [2.75, 3.05) is 19.6 Å². The van der Waals surface area contributed by atoms with Crippen LogP contribution in [0.25, 0.3) is 0 Å². The molecule has 2 aliphatic heterocycles. The molecule has 3 rings (SSSR count). The van der Waals surface area contributed by atoms with Gasteiger partial charge in [-0.3, -0.25) is 19.5 Å². The Hall–Kier alpha value is -1.95. The first-order valence-electron chi connectivity index (χ1n) is 9.25. The second-order valence-corrected chi connectivity index (χ2v) is 7.12. The molecule has 136 valence electrons. The summed E-state index contributed by atoms with van der Waals surface area (Å²) in [6.45, 7) is 6.52. The number of hydrogen-bond acceptors (Lipinski definition) is 4. The van der Waals surface area contributed by atoms with Crippen LogP contribution in [-0.2, 0) is 16.1 Å². The van der Waals surface area contributed by atoms with Crippen LogP contribution in [0.3, 0.4) is 0 Å². The standard InChI is InChI=1S/C19H28N4O2/c1-14(24)21-13-17-12-16(5-8-20-17)19-4-3-9-23(19)18-6-10-22(11-7-18)15(2)25/h5,8,12,18-19H,3-4,6-7,9-11,13H2,1-2H3,(H,21,24). The molecule has 0 aromatic carbocycles. The third-order valence-corrected chi connectivity index (χ3v) is 5.42. The van der Waals surface area contributed by atoms with E-state index >= 15 is 0 Å². The van der Waals surface area contributed by atoms with E-state index < -0.39 is 0 Å². The summed E-state index contributed by atoms with van der Waals surface area (Å²) in [5, 5.41) is 2.82. The van der Waals surface area contributed by atoms with Gasteiger partial charge < -0.3 is 10.2 Å². The highest BCUT2D eigenvalue weighted by molar-refractivity contribution is 5.73. The van der Waals surface area contributed by atoms with Crippen molar-refractivity contribution in [2.45, 2.75) is 58.2 Å². The zero-order chi connectivity index (χ0) is 17.8. The number of pyridine rings is 1. The van der Waals surface area contributed by atoms with Crippen molar-refractivity contribution in [3.8, 4) is 0 Å². The van der Waals surface area contributed by atoms with E-state index in [0.717, 1.165) is 44.6 Å². The summed E-state index contributed by atoms with van der Waals surface area (Å²) in [5.74, 6) is 0.153. The predicted octanol–water partition coefficient (Wildman–Crippen LogP) is 1.87. The highest BCUT2D eigenvalue weighted by atomic mass is 16.2. The van der Waals surface area contributed by atoms with Crippen LogP contribution in [0.2, 0.25) is 0 Å². The van der Waals surface area contributed by atoms with Gasteiger partial charge in [0.05, 0.1) is 12.2 Å². The van der Waals surface area contributed by atoms with Crippen LogP contribution in [0, 0.1) is 0 Å². The number of hydrogen-bond donors (Lipinski definition) is 1. The maximum atomic E-state index is 11.5. The minimum absolute atomic E-state index is 0.0353. The Morgan fingerprint density at radius 3 is 2.64 bits per heavy atom. The molecule has 2 saturated heterocycles. The van der Waals surface area contributed by atoms with Gasteiger partial charge in [0.25, 0.3) is 0 Å². The van der Waals surface area contributed by atoms with Gasteiger partial charge in [0.15, 0.2) is 0 Å². The van der Waals surface area contributed by atoms with E-state index in [2.05, 4.69) is 27.3 Å². The number of piperidine rings is 1. The number of aromatic nitrogens is 1. The third kappa shape index (κ3) is 4.37. The first kappa shape index (κ1) is 17.9. The molecule has 1 N–H and O–H groups in total. The van der Waals surface area contributed by atoms with Crippen LogP contribution in [0.4, 0.5) is 0 Å². The zero-order valence-corrected chi connectivity index (χ0v) is 15.2. The minimum Gasteiger partial charge on any atom is -0.351 e. The summed E-state index contributed by atoms with van der Waals surface area (Å²) in [4.78, 5) is 31.6. The molecule has 0 bridgehead atoms. The van der Waals surface area contributed by atoms with Crippen molar-refractivity contribution in [2.24, 2.45) is 0 Å². The summed E-state index contributed by atoms with van der Waals surface area (Å²) >= 11 is 0. The Labute approximate surface area is 149 Å². The van der Waals surface area contributed by atoms with Crippen molar-refractivity contribution < 1.29 is 9.59 Å². The molecule has 6 heteroatoms. The number of carbonyl (C=O) groups is 2. The van der Waals surface area contributed by atoms with Crippen LogP contribution in [0.5, 0.6) is 0 Å². The van der Waals surface area contributed by atoms with E-state index in [1.54, 1.807) is 6.92 Å². The van der Waals surface area contributed by atoms with E-state index in [4.69, 9.17) is 0 Å². The van der Waals surface area contributed by atoms with E-state index in [-0.39, 0.29) is 11.8 Å². The quantitative estimate of drug-likeness (QED) is 0.905. The molecule has 1 aromatic rings. The maximum Gasteiger partial charge on any atom is 0.219 e. The van der Waals surface area contributed by atoms with Gasteiger partial charge in [0.1, 0.15) is 0 Å². The fourth-order valence-electron chi connectivity index (χ4n) is 4.11. The smallest absolute Gasteiger partial charge is 0.219 e. The van der Waals surface area contributed by atoms with Gasteiger partial charge in [-0.05, 0) is 49.9 Å². The van der Waals surface area contributed by atoms with Crippen LogP contribution >= 0.6 is 0 Å². The molecular formula is C19H28N4O2. The normalized spacial score (nSPS) is 22.2. The van der Waals surface area contributed by atoms with Gasteiger partial charge in [-0.1, -0.05) is 0 Å². The van der Waals surface area contributed by atoms with Crippen molar-refractivity contribution >= 4 is 11.8 Å². The molecular weight excluding hydrogens is 316 g/mol. The highest BCUT2D eigenvalue weighted by Gasteiger charge is 2.34. The lowest BCUT2D eigenvalue weighted by Crippen LogP contribution is -2.45. The Kier molecular flexibility index (Phi) is 5.68. The minimum atomic E-state index is -0.0353. The SMILES string of the molecule is CC(=O)NCc1cc(C2CCCN2C2CCN(C(C)=O)CC2)ccn1. The average molecular weight is 344 g/mol. The summed E-state index contributed by atoms with van der Waals surface area (Å²) in [5.41, 5.74) is 2.20. The monoisotopic (exact) mass is 344 g/mol. The van der Waals surface area contributed by atoms with Gasteiger partial charge in [-0.15, -0.1) is 0 Å². The topological polar surface area (TPSA) is 65.5 Å². The second kappa shape index (κ2) is 7.95. The summed E-state index contributed by atoms with van der Waals surface area (Å²) in [6.07, 6.45) is 6.33. The first-order chi connectivity index (χ1) is 12.0. The molecule has 0 saturated carbocycles. The third-order valence-electron chi connectivity index (χ3n) is 5.42. The number of rotatable bonds is 4.